The molecule has 0 aromatic carbocycles. The normalized spacial score (nSPS) is 9.23. The molecule has 13 heavy (non-hydrogen) atoms. The maximum absolute atomic E-state index is 7.57. The van der Waals surface area contributed by atoms with Crippen molar-refractivity contribution < 1.29 is 5.11 Å². The first-order chi connectivity index (χ1) is 6.33. The van der Waals surface area contributed by atoms with Gasteiger partial charge >= 0.3 is 0 Å². The number of hydrogen-bond acceptors (Lipinski definition) is 5. The third-order valence-corrected chi connectivity index (χ3v) is 1.12. The van der Waals surface area contributed by atoms with Crippen LogP contribution >= 0.6 is 0 Å². The third-order valence-electron chi connectivity index (χ3n) is 1.12. The van der Waals surface area contributed by atoms with Crippen LogP contribution in [0.5, 0.6) is 0 Å². The predicted octanol–water partition coefficient (Wildman–Crippen LogP) is -1.92. The number of aliphatic hydroxyl groups excluding tert-OH is 1. The van der Waals surface area contributed by atoms with Crippen molar-refractivity contribution in [1.29, 1.82) is 0 Å². The Kier molecular flexibility index (Phi) is 20.9. The molecule has 0 rings (SSSR count). The molecule has 0 heterocycles. The van der Waals surface area contributed by atoms with Gasteiger partial charge in [0.15, 0.2) is 0 Å². The maximum Gasteiger partial charge on any atom is 0.0402 e. The van der Waals surface area contributed by atoms with Gasteiger partial charge in [0.25, 0.3) is 0 Å². The zero-order chi connectivity index (χ0) is 10.4. The Labute approximate surface area is 80.9 Å². The molecule has 0 fully saturated rings. The van der Waals surface area contributed by atoms with Crippen molar-refractivity contribution in [2.45, 2.75) is 6.92 Å². The van der Waals surface area contributed by atoms with Gasteiger partial charge in [0.1, 0.15) is 0 Å². The van der Waals surface area contributed by atoms with E-state index in [1.165, 1.54) is 0 Å². The molecule has 82 valence electrons. The molecule has 5 heteroatoms. The molecule has 5 nitrogen and oxygen atoms in total. The lowest BCUT2D eigenvalue weighted by Gasteiger charge is -2.03. The molecule has 0 saturated heterocycles. The lowest BCUT2D eigenvalue weighted by atomic mass is 10.5. The van der Waals surface area contributed by atoms with Crippen LogP contribution in [-0.4, -0.2) is 51.0 Å². The predicted molar refractivity (Wildman–Crippen MR) is 56.6 cm³/mol. The molecule has 0 aliphatic carbocycles. The van der Waals surface area contributed by atoms with E-state index < -0.39 is 0 Å². The summed E-state index contributed by atoms with van der Waals surface area (Å²) in [7, 11) is 0. The molecule has 0 unspecified atom stereocenters. The summed E-state index contributed by atoms with van der Waals surface area (Å²) in [4.78, 5) is 0. The third kappa shape index (κ3) is 24.5. The fourth-order valence-corrected chi connectivity index (χ4v) is 0.631. The SMILES string of the molecule is CCO.NCCNCCNCCN. The van der Waals surface area contributed by atoms with Crippen molar-refractivity contribution in [3.63, 3.8) is 0 Å². The van der Waals surface area contributed by atoms with Crippen molar-refractivity contribution in [3.8, 4) is 0 Å². The second-order valence-electron chi connectivity index (χ2n) is 2.39. The maximum atomic E-state index is 7.57. The van der Waals surface area contributed by atoms with E-state index in [9.17, 15) is 0 Å². The van der Waals surface area contributed by atoms with Gasteiger partial charge < -0.3 is 27.2 Å². The lowest BCUT2D eigenvalue weighted by molar-refractivity contribution is 0.318. The minimum atomic E-state index is 0.250. The van der Waals surface area contributed by atoms with Gasteiger partial charge in [-0.15, -0.1) is 0 Å². The van der Waals surface area contributed by atoms with E-state index in [4.69, 9.17) is 16.6 Å². The number of nitrogens with one attached hydrogen (secondary N) is 2. The fourth-order valence-electron chi connectivity index (χ4n) is 0.631. The smallest absolute Gasteiger partial charge is 0.0402 e. The van der Waals surface area contributed by atoms with Crippen LogP contribution in [0.1, 0.15) is 6.92 Å². The molecular formula is C8H24N4O. The van der Waals surface area contributed by atoms with Gasteiger partial charge in [-0.1, -0.05) is 0 Å². The summed E-state index contributed by atoms with van der Waals surface area (Å²) >= 11 is 0. The average Bonchev–Trinajstić information content (AvgIpc) is 2.13. The first kappa shape index (κ1) is 15.3. The molecule has 0 bridgehead atoms. The molecule has 0 aromatic rings. The van der Waals surface area contributed by atoms with Gasteiger partial charge in [0.2, 0.25) is 0 Å². The summed E-state index contributed by atoms with van der Waals surface area (Å²) in [6.45, 7) is 7.07. The van der Waals surface area contributed by atoms with Crippen LogP contribution in [0.2, 0.25) is 0 Å². The molecule has 0 aliphatic rings. The Morgan fingerprint density at radius 3 is 1.46 bits per heavy atom. The molecule has 0 atom stereocenters. The number of aliphatic hydroxyl groups is 1. The molecule has 7 N–H and O–H groups in total. The van der Waals surface area contributed by atoms with Gasteiger partial charge in [-0.3, -0.25) is 0 Å². The van der Waals surface area contributed by atoms with Crippen molar-refractivity contribution in [2.24, 2.45) is 11.5 Å². The largest absolute Gasteiger partial charge is 0.397 e. The molecule has 0 aromatic heterocycles. The summed E-state index contributed by atoms with van der Waals surface area (Å²) in [6.07, 6.45) is 0. The van der Waals surface area contributed by atoms with Gasteiger partial charge in [-0.05, 0) is 6.92 Å². The van der Waals surface area contributed by atoms with Crippen LogP contribution in [0.25, 0.3) is 0 Å². The molecule has 0 aliphatic heterocycles. The van der Waals surface area contributed by atoms with Crippen molar-refractivity contribution in [1.82, 2.24) is 10.6 Å². The highest BCUT2D eigenvalue weighted by molar-refractivity contribution is 4.51. The van der Waals surface area contributed by atoms with Crippen molar-refractivity contribution >= 4 is 0 Å². The van der Waals surface area contributed by atoms with Crippen LogP contribution in [0.3, 0.4) is 0 Å². The lowest BCUT2D eigenvalue weighted by Crippen LogP contribution is -2.32. The van der Waals surface area contributed by atoms with Crippen LogP contribution in [-0.2, 0) is 0 Å². The first-order valence-electron chi connectivity index (χ1n) is 4.75. The van der Waals surface area contributed by atoms with Gasteiger partial charge in [0.05, 0.1) is 0 Å². The van der Waals surface area contributed by atoms with Gasteiger partial charge in [-0.2, -0.15) is 0 Å². The topological polar surface area (TPSA) is 96.3 Å². The van der Waals surface area contributed by atoms with Crippen LogP contribution in [0, 0.1) is 0 Å². The highest BCUT2D eigenvalue weighted by Gasteiger charge is 1.83. The Hall–Kier alpha value is -0.200. The summed E-state index contributed by atoms with van der Waals surface area (Å²) in [5.41, 5.74) is 10.5. The minimum Gasteiger partial charge on any atom is -0.397 e. The Bertz CT molecular complexity index is 65.2. The molecule has 0 spiro atoms. The fraction of sp³-hybridized carbons (Fsp3) is 1.00. The Balaban J connectivity index is 0. The van der Waals surface area contributed by atoms with E-state index in [0.717, 1.165) is 26.2 Å². The second kappa shape index (κ2) is 17.8. The number of rotatable bonds is 7. The van der Waals surface area contributed by atoms with Gasteiger partial charge in [-0.25, -0.2) is 0 Å². The van der Waals surface area contributed by atoms with E-state index in [1.807, 2.05) is 0 Å². The standard InChI is InChI=1S/C6H18N4.C2H6O/c7-1-3-9-5-6-10-4-2-8;1-2-3/h9-10H,1-8H2;3H,2H2,1H3. The zero-order valence-electron chi connectivity index (χ0n) is 8.55. The number of hydrogen-bond donors (Lipinski definition) is 5. The first-order valence-corrected chi connectivity index (χ1v) is 4.75. The molecule has 0 amide bonds. The Morgan fingerprint density at radius 2 is 1.23 bits per heavy atom. The van der Waals surface area contributed by atoms with E-state index in [-0.39, 0.29) is 6.61 Å². The van der Waals surface area contributed by atoms with Crippen LogP contribution in [0.15, 0.2) is 0 Å². The van der Waals surface area contributed by atoms with E-state index in [0.29, 0.717) is 13.1 Å². The average molecular weight is 192 g/mol. The Morgan fingerprint density at radius 1 is 0.923 bits per heavy atom. The quantitative estimate of drug-likeness (QED) is 0.303. The summed E-state index contributed by atoms with van der Waals surface area (Å²) in [6, 6.07) is 0. The highest BCUT2D eigenvalue weighted by Crippen LogP contribution is 1.57. The van der Waals surface area contributed by atoms with E-state index in [2.05, 4.69) is 10.6 Å². The summed E-state index contributed by atoms with van der Waals surface area (Å²) in [5.74, 6) is 0. The van der Waals surface area contributed by atoms with Crippen LogP contribution in [0.4, 0.5) is 0 Å². The van der Waals surface area contributed by atoms with Crippen molar-refractivity contribution in [3.05, 3.63) is 0 Å². The van der Waals surface area contributed by atoms with Crippen molar-refractivity contribution in [2.75, 3.05) is 45.9 Å². The second-order valence-corrected chi connectivity index (χ2v) is 2.39. The monoisotopic (exact) mass is 192 g/mol. The van der Waals surface area contributed by atoms with E-state index >= 15 is 0 Å². The van der Waals surface area contributed by atoms with Gasteiger partial charge in [0, 0.05) is 45.9 Å². The van der Waals surface area contributed by atoms with E-state index in [1.54, 1.807) is 6.92 Å². The highest BCUT2D eigenvalue weighted by atomic mass is 16.2. The molecule has 0 radical (unpaired) electrons. The zero-order valence-corrected chi connectivity index (χ0v) is 8.55. The van der Waals surface area contributed by atoms with Crippen LogP contribution < -0.4 is 22.1 Å². The number of nitrogens with two attached hydrogens (primary N) is 2. The minimum absolute atomic E-state index is 0.250. The molecular weight excluding hydrogens is 168 g/mol. The summed E-state index contributed by atoms with van der Waals surface area (Å²) in [5, 5.41) is 13.9. The summed E-state index contributed by atoms with van der Waals surface area (Å²) < 4.78 is 0. The molecule has 0 saturated carbocycles.